The van der Waals surface area contributed by atoms with Crippen LogP contribution in [0.25, 0.3) is 11.6 Å². The van der Waals surface area contributed by atoms with Crippen molar-refractivity contribution in [3.63, 3.8) is 0 Å². The van der Waals surface area contributed by atoms with E-state index in [1.54, 1.807) is 24.3 Å². The number of halogens is 2. The van der Waals surface area contributed by atoms with Gasteiger partial charge in [-0.2, -0.15) is 0 Å². The summed E-state index contributed by atoms with van der Waals surface area (Å²) in [4.78, 5) is 12.0. The van der Waals surface area contributed by atoms with Crippen LogP contribution in [0.2, 0.25) is 10.0 Å². The molecule has 1 heterocycles. The van der Waals surface area contributed by atoms with Gasteiger partial charge in [-0.1, -0.05) is 35.3 Å². The van der Waals surface area contributed by atoms with Crippen LogP contribution in [0.5, 0.6) is 0 Å². The predicted octanol–water partition coefficient (Wildman–Crippen LogP) is 4.49. The van der Waals surface area contributed by atoms with Crippen LogP contribution >= 0.6 is 23.2 Å². The summed E-state index contributed by atoms with van der Waals surface area (Å²) in [5.41, 5.74) is 3.07. The van der Waals surface area contributed by atoms with Crippen molar-refractivity contribution >= 4 is 46.4 Å². The molecule has 0 saturated heterocycles. The van der Waals surface area contributed by atoms with Crippen molar-refractivity contribution in [3.8, 4) is 0 Å². The zero-order chi connectivity index (χ0) is 13.4. The number of hydrogen-bond acceptors (Lipinski definition) is 1. The molecule has 19 heavy (non-hydrogen) atoms. The van der Waals surface area contributed by atoms with Crippen LogP contribution in [0.4, 0.5) is 5.69 Å². The van der Waals surface area contributed by atoms with Crippen molar-refractivity contribution in [1.82, 2.24) is 0 Å². The third-order valence-electron chi connectivity index (χ3n) is 2.92. The molecule has 0 aromatic heterocycles. The maximum atomic E-state index is 12.0. The summed E-state index contributed by atoms with van der Waals surface area (Å²) in [5, 5.41) is 4.05. The molecule has 0 atom stereocenters. The van der Waals surface area contributed by atoms with Crippen LogP contribution in [0.3, 0.4) is 0 Å². The number of nitrogens with one attached hydrogen (secondary N) is 1. The summed E-state index contributed by atoms with van der Waals surface area (Å²) >= 11 is 11.9. The number of benzene rings is 2. The van der Waals surface area contributed by atoms with Gasteiger partial charge in [-0.05, 0) is 42.0 Å². The summed E-state index contributed by atoms with van der Waals surface area (Å²) in [5.74, 6) is -0.128. The first kappa shape index (κ1) is 12.3. The molecular weight excluding hydrogens is 281 g/mol. The predicted molar refractivity (Wildman–Crippen MR) is 79.4 cm³/mol. The Morgan fingerprint density at radius 3 is 2.58 bits per heavy atom. The van der Waals surface area contributed by atoms with Gasteiger partial charge >= 0.3 is 0 Å². The number of fused-ring (bicyclic) bond motifs is 1. The smallest absolute Gasteiger partial charge is 0.256 e. The third kappa shape index (κ3) is 2.37. The van der Waals surface area contributed by atoms with E-state index in [4.69, 9.17) is 23.2 Å². The second-order valence-electron chi connectivity index (χ2n) is 4.26. The van der Waals surface area contributed by atoms with Gasteiger partial charge in [0.1, 0.15) is 0 Å². The molecule has 0 bridgehead atoms. The zero-order valence-electron chi connectivity index (χ0n) is 9.78. The van der Waals surface area contributed by atoms with E-state index < -0.39 is 0 Å². The lowest BCUT2D eigenvalue weighted by Gasteiger charge is -2.00. The Hall–Kier alpha value is -1.77. The standard InChI is InChI=1S/C15H9Cl2NO/c16-10-3-1-2-9(6-10)7-13-12-8-11(17)4-5-14(12)18-15(13)19/h1-8H,(H,18,19)/b13-7-. The van der Waals surface area contributed by atoms with Gasteiger partial charge in [-0.25, -0.2) is 0 Å². The summed E-state index contributed by atoms with van der Waals surface area (Å²) in [6, 6.07) is 12.7. The Kier molecular flexibility index (Phi) is 3.05. The van der Waals surface area contributed by atoms with Gasteiger partial charge in [0.15, 0.2) is 0 Å². The van der Waals surface area contributed by atoms with E-state index in [9.17, 15) is 4.79 Å². The Morgan fingerprint density at radius 1 is 1.00 bits per heavy atom. The van der Waals surface area contributed by atoms with Gasteiger partial charge in [0, 0.05) is 26.9 Å². The first-order valence-corrected chi connectivity index (χ1v) is 6.47. The van der Waals surface area contributed by atoms with E-state index in [0.29, 0.717) is 15.6 Å². The molecule has 0 fully saturated rings. The van der Waals surface area contributed by atoms with Gasteiger partial charge in [-0.15, -0.1) is 0 Å². The SMILES string of the molecule is O=C1Nc2ccc(Cl)cc2/C1=C/c1cccc(Cl)c1. The minimum atomic E-state index is -0.128. The summed E-state index contributed by atoms with van der Waals surface area (Å²) in [6.07, 6.45) is 1.81. The zero-order valence-corrected chi connectivity index (χ0v) is 11.3. The number of anilines is 1. The molecule has 1 N–H and O–H groups in total. The van der Waals surface area contributed by atoms with Gasteiger partial charge in [0.2, 0.25) is 0 Å². The Bertz CT molecular complexity index is 707. The molecule has 3 rings (SSSR count). The molecule has 94 valence electrons. The van der Waals surface area contributed by atoms with Crippen LogP contribution < -0.4 is 5.32 Å². The fourth-order valence-electron chi connectivity index (χ4n) is 2.07. The van der Waals surface area contributed by atoms with Crippen molar-refractivity contribution < 1.29 is 4.79 Å². The fourth-order valence-corrected chi connectivity index (χ4v) is 2.44. The Morgan fingerprint density at radius 2 is 1.79 bits per heavy atom. The van der Waals surface area contributed by atoms with Crippen LogP contribution in [-0.2, 0) is 4.79 Å². The lowest BCUT2D eigenvalue weighted by Crippen LogP contribution is -2.03. The van der Waals surface area contributed by atoms with E-state index in [0.717, 1.165) is 16.8 Å². The minimum Gasteiger partial charge on any atom is -0.321 e. The molecule has 0 radical (unpaired) electrons. The first-order chi connectivity index (χ1) is 9.13. The number of amides is 1. The van der Waals surface area contributed by atoms with Crippen LogP contribution in [0.15, 0.2) is 42.5 Å². The van der Waals surface area contributed by atoms with Gasteiger partial charge in [0.05, 0.1) is 0 Å². The molecule has 2 nitrogen and oxygen atoms in total. The van der Waals surface area contributed by atoms with Crippen LogP contribution in [-0.4, -0.2) is 5.91 Å². The molecule has 0 spiro atoms. The lowest BCUT2D eigenvalue weighted by molar-refractivity contribution is -0.110. The molecule has 2 aromatic rings. The average Bonchev–Trinajstić information content (AvgIpc) is 2.66. The van der Waals surface area contributed by atoms with Crippen molar-refractivity contribution in [1.29, 1.82) is 0 Å². The molecular formula is C15H9Cl2NO. The van der Waals surface area contributed by atoms with Gasteiger partial charge in [0.25, 0.3) is 5.91 Å². The molecule has 0 unspecified atom stereocenters. The molecule has 1 amide bonds. The molecule has 1 aliphatic heterocycles. The highest BCUT2D eigenvalue weighted by atomic mass is 35.5. The number of rotatable bonds is 1. The van der Waals surface area contributed by atoms with Crippen molar-refractivity contribution in [2.75, 3.05) is 5.32 Å². The minimum absolute atomic E-state index is 0.128. The summed E-state index contributed by atoms with van der Waals surface area (Å²) in [7, 11) is 0. The third-order valence-corrected chi connectivity index (χ3v) is 3.39. The Balaban J connectivity index is 2.11. The molecule has 4 heteroatoms. The van der Waals surface area contributed by atoms with Gasteiger partial charge in [-0.3, -0.25) is 4.79 Å². The van der Waals surface area contributed by atoms with Crippen molar-refractivity contribution in [2.45, 2.75) is 0 Å². The van der Waals surface area contributed by atoms with E-state index >= 15 is 0 Å². The van der Waals surface area contributed by atoms with Crippen molar-refractivity contribution in [2.24, 2.45) is 0 Å². The average molecular weight is 290 g/mol. The molecule has 1 aliphatic rings. The topological polar surface area (TPSA) is 29.1 Å². The largest absolute Gasteiger partial charge is 0.321 e. The van der Waals surface area contributed by atoms with Crippen molar-refractivity contribution in [3.05, 3.63) is 63.6 Å². The number of carbonyl (C=O) groups excluding carboxylic acids is 1. The molecule has 2 aromatic carbocycles. The molecule has 0 aliphatic carbocycles. The first-order valence-electron chi connectivity index (χ1n) is 5.72. The van der Waals surface area contributed by atoms with E-state index in [2.05, 4.69) is 5.32 Å². The Labute approximate surface area is 120 Å². The van der Waals surface area contributed by atoms with E-state index in [1.165, 1.54) is 0 Å². The van der Waals surface area contributed by atoms with E-state index in [1.807, 2.05) is 24.3 Å². The maximum absolute atomic E-state index is 12.0. The highest BCUT2D eigenvalue weighted by Crippen LogP contribution is 2.35. The number of carbonyl (C=O) groups is 1. The molecule has 0 saturated carbocycles. The highest BCUT2D eigenvalue weighted by Gasteiger charge is 2.24. The second kappa shape index (κ2) is 4.72. The summed E-state index contributed by atoms with van der Waals surface area (Å²) in [6.45, 7) is 0. The normalized spacial score (nSPS) is 15.5. The fraction of sp³-hybridized carbons (Fsp3) is 0. The van der Waals surface area contributed by atoms with Gasteiger partial charge < -0.3 is 5.32 Å². The maximum Gasteiger partial charge on any atom is 0.256 e. The second-order valence-corrected chi connectivity index (χ2v) is 5.13. The van der Waals surface area contributed by atoms with Crippen LogP contribution in [0.1, 0.15) is 11.1 Å². The quantitative estimate of drug-likeness (QED) is 0.770. The lowest BCUT2D eigenvalue weighted by atomic mass is 10.0. The summed E-state index contributed by atoms with van der Waals surface area (Å²) < 4.78 is 0. The van der Waals surface area contributed by atoms with E-state index in [-0.39, 0.29) is 5.91 Å². The van der Waals surface area contributed by atoms with Crippen LogP contribution in [0, 0.1) is 0 Å². The number of hydrogen-bond donors (Lipinski definition) is 1. The monoisotopic (exact) mass is 289 g/mol. The highest BCUT2D eigenvalue weighted by molar-refractivity contribution is 6.37.